The summed E-state index contributed by atoms with van der Waals surface area (Å²) in [6.07, 6.45) is 9.37. The van der Waals surface area contributed by atoms with Gasteiger partial charge >= 0.3 is 6.01 Å². The number of piperazine rings is 1. The van der Waals surface area contributed by atoms with Gasteiger partial charge in [-0.3, -0.25) is 0 Å². The largest absolute Gasteiger partial charge is 0.462 e. The molecule has 1 aromatic carbocycles. The molecule has 2 aromatic rings. The van der Waals surface area contributed by atoms with Crippen LogP contribution in [0.15, 0.2) is 24.3 Å². The summed E-state index contributed by atoms with van der Waals surface area (Å²) in [6, 6.07) is 11.1. The molecule has 3 fully saturated rings. The highest BCUT2D eigenvalue weighted by Gasteiger charge is 2.44. The van der Waals surface area contributed by atoms with Gasteiger partial charge in [0.15, 0.2) is 0 Å². The quantitative estimate of drug-likeness (QED) is 0.710. The zero-order valence-electron chi connectivity index (χ0n) is 21.9. The number of nitrogens with zero attached hydrogens (tertiary/aromatic N) is 5. The Morgan fingerprint density at radius 1 is 1.06 bits per heavy atom. The van der Waals surface area contributed by atoms with Gasteiger partial charge in [0.1, 0.15) is 12.4 Å². The number of ether oxygens (including phenoxy) is 1. The van der Waals surface area contributed by atoms with E-state index in [1.165, 1.54) is 60.4 Å². The second-order valence-corrected chi connectivity index (χ2v) is 12.1. The standard InChI is InChI=1S/C29H40N6O/c1-33-13-5-7-23(33)18-36-28-31-25-15-29(14-20-6-3-4-8-26(20)34(2)19-29)12-11-24(25)27(32-28)35-21-9-10-22(35)17-30-16-21/h3-4,6,8,21-23,30H,5,7,9-19H2,1-2H3/t21-,22+,23-,29+/m0/s1. The molecule has 7 nitrogen and oxygen atoms in total. The smallest absolute Gasteiger partial charge is 0.318 e. The normalized spacial score (nSPS) is 31.6. The van der Waals surface area contributed by atoms with Crippen LogP contribution in [0.1, 0.15) is 48.9 Å². The average Bonchev–Trinajstić information content (AvgIpc) is 3.40. The van der Waals surface area contributed by atoms with Crippen molar-refractivity contribution in [2.24, 2.45) is 5.41 Å². The lowest BCUT2D eigenvalue weighted by Crippen LogP contribution is -2.53. The molecule has 7 heteroatoms. The number of hydrogen-bond donors (Lipinski definition) is 1. The fourth-order valence-electron chi connectivity index (χ4n) is 7.86. The van der Waals surface area contributed by atoms with E-state index in [2.05, 4.69) is 58.4 Å². The summed E-state index contributed by atoms with van der Waals surface area (Å²) in [5, 5.41) is 3.64. The fourth-order valence-corrected chi connectivity index (χ4v) is 7.86. The number of hydrogen-bond acceptors (Lipinski definition) is 7. The van der Waals surface area contributed by atoms with E-state index in [4.69, 9.17) is 14.7 Å². The van der Waals surface area contributed by atoms with Crippen LogP contribution in [0.2, 0.25) is 0 Å². The third kappa shape index (κ3) is 3.86. The number of nitrogens with one attached hydrogen (secondary N) is 1. The second kappa shape index (κ2) is 8.88. The summed E-state index contributed by atoms with van der Waals surface area (Å²) in [6.45, 7) is 5.05. The number of likely N-dealkylation sites (N-methyl/N-ethyl adjacent to an activating group) is 1. The predicted octanol–water partition coefficient (Wildman–Crippen LogP) is 3.06. The number of fused-ring (bicyclic) bond motifs is 4. The van der Waals surface area contributed by atoms with E-state index >= 15 is 0 Å². The first-order valence-electron chi connectivity index (χ1n) is 14.1. The average molecular weight is 489 g/mol. The second-order valence-electron chi connectivity index (χ2n) is 12.1. The van der Waals surface area contributed by atoms with Gasteiger partial charge in [0, 0.05) is 56.1 Å². The predicted molar refractivity (Wildman–Crippen MR) is 143 cm³/mol. The molecule has 1 aliphatic carbocycles. The molecule has 4 atom stereocenters. The third-order valence-corrected chi connectivity index (χ3v) is 9.74. The molecule has 2 bridgehead atoms. The summed E-state index contributed by atoms with van der Waals surface area (Å²) >= 11 is 0. The van der Waals surface area contributed by atoms with Crippen LogP contribution in [0.4, 0.5) is 11.5 Å². The molecule has 1 N–H and O–H groups in total. The monoisotopic (exact) mass is 488 g/mol. The van der Waals surface area contributed by atoms with Crippen molar-refractivity contribution in [3.63, 3.8) is 0 Å². The molecule has 0 unspecified atom stereocenters. The number of aromatic nitrogens is 2. The van der Waals surface area contributed by atoms with Crippen LogP contribution in [-0.2, 0) is 19.3 Å². The van der Waals surface area contributed by atoms with Gasteiger partial charge in [-0.1, -0.05) is 18.2 Å². The van der Waals surface area contributed by atoms with Crippen molar-refractivity contribution in [2.75, 3.05) is 56.7 Å². The molecule has 5 aliphatic rings. The number of likely N-dealkylation sites (tertiary alicyclic amines) is 1. The van der Waals surface area contributed by atoms with E-state index in [-0.39, 0.29) is 5.41 Å². The molecule has 1 aromatic heterocycles. The van der Waals surface area contributed by atoms with Crippen molar-refractivity contribution in [2.45, 2.75) is 69.5 Å². The van der Waals surface area contributed by atoms with Gasteiger partial charge < -0.3 is 24.8 Å². The minimum atomic E-state index is 0.229. The Hall–Kier alpha value is -2.38. The van der Waals surface area contributed by atoms with Crippen molar-refractivity contribution in [3.05, 3.63) is 41.1 Å². The zero-order valence-corrected chi connectivity index (χ0v) is 21.9. The zero-order chi connectivity index (χ0) is 24.3. The fraction of sp³-hybridized carbons (Fsp3) is 0.655. The molecule has 1 spiro atoms. The van der Waals surface area contributed by atoms with E-state index in [1.807, 2.05) is 0 Å². The Kier molecular flexibility index (Phi) is 5.62. The van der Waals surface area contributed by atoms with E-state index in [9.17, 15) is 0 Å². The van der Waals surface area contributed by atoms with E-state index in [0.717, 1.165) is 45.4 Å². The molecule has 0 saturated carbocycles. The Morgan fingerprint density at radius 2 is 1.89 bits per heavy atom. The summed E-state index contributed by atoms with van der Waals surface area (Å²) in [5.74, 6) is 1.18. The molecule has 36 heavy (non-hydrogen) atoms. The molecule has 4 aliphatic heterocycles. The maximum absolute atomic E-state index is 6.39. The van der Waals surface area contributed by atoms with Crippen LogP contribution in [0, 0.1) is 5.41 Å². The van der Waals surface area contributed by atoms with Crippen molar-refractivity contribution in [3.8, 4) is 6.01 Å². The Balaban J connectivity index is 1.23. The highest BCUT2D eigenvalue weighted by atomic mass is 16.5. The maximum Gasteiger partial charge on any atom is 0.318 e. The first-order valence-corrected chi connectivity index (χ1v) is 14.1. The lowest BCUT2D eigenvalue weighted by molar-refractivity contribution is 0.185. The SMILES string of the molecule is CN1C[C@]2(CCc3c(nc(OC[C@@H]4CCCN4C)nc3N3[C@@H]4CC[C@H]3CNC4)C2)Cc2ccccc21. The number of benzene rings is 1. The molecule has 7 rings (SSSR count). The number of para-hydroxylation sites is 1. The maximum atomic E-state index is 6.39. The summed E-state index contributed by atoms with van der Waals surface area (Å²) < 4.78 is 6.39. The highest BCUT2D eigenvalue weighted by Crippen LogP contribution is 2.47. The first-order chi connectivity index (χ1) is 17.6. The molecule has 0 radical (unpaired) electrons. The summed E-state index contributed by atoms with van der Waals surface area (Å²) in [5.41, 5.74) is 5.73. The van der Waals surface area contributed by atoms with Gasteiger partial charge in [-0.05, 0) is 82.0 Å². The van der Waals surface area contributed by atoms with E-state index < -0.39 is 0 Å². The van der Waals surface area contributed by atoms with Crippen LogP contribution >= 0.6 is 0 Å². The van der Waals surface area contributed by atoms with Crippen LogP contribution in [0.25, 0.3) is 0 Å². The van der Waals surface area contributed by atoms with Gasteiger partial charge in [-0.2, -0.15) is 9.97 Å². The van der Waals surface area contributed by atoms with Gasteiger partial charge in [-0.15, -0.1) is 0 Å². The molecule has 3 saturated heterocycles. The van der Waals surface area contributed by atoms with Crippen molar-refractivity contribution in [1.82, 2.24) is 20.2 Å². The van der Waals surface area contributed by atoms with Gasteiger partial charge in [-0.25, -0.2) is 0 Å². The summed E-state index contributed by atoms with van der Waals surface area (Å²) in [7, 11) is 4.46. The minimum absolute atomic E-state index is 0.229. The first kappa shape index (κ1) is 22.8. The lowest BCUT2D eigenvalue weighted by Gasteiger charge is -2.46. The van der Waals surface area contributed by atoms with Crippen molar-refractivity contribution >= 4 is 11.5 Å². The van der Waals surface area contributed by atoms with E-state index in [0.29, 0.717) is 30.7 Å². The molecule has 5 heterocycles. The third-order valence-electron chi connectivity index (χ3n) is 9.74. The van der Waals surface area contributed by atoms with Crippen molar-refractivity contribution in [1.29, 1.82) is 0 Å². The van der Waals surface area contributed by atoms with Gasteiger partial charge in [0.25, 0.3) is 0 Å². The summed E-state index contributed by atoms with van der Waals surface area (Å²) in [4.78, 5) is 17.8. The number of rotatable bonds is 4. The van der Waals surface area contributed by atoms with E-state index in [1.54, 1.807) is 0 Å². The van der Waals surface area contributed by atoms with Crippen LogP contribution in [0.3, 0.4) is 0 Å². The van der Waals surface area contributed by atoms with Gasteiger partial charge in [0.05, 0.1) is 5.69 Å². The minimum Gasteiger partial charge on any atom is -0.462 e. The Bertz CT molecular complexity index is 1120. The van der Waals surface area contributed by atoms with Crippen LogP contribution in [-0.4, -0.2) is 79.9 Å². The lowest BCUT2D eigenvalue weighted by atomic mass is 9.67. The Morgan fingerprint density at radius 3 is 2.69 bits per heavy atom. The topological polar surface area (TPSA) is 56.8 Å². The van der Waals surface area contributed by atoms with Crippen LogP contribution < -0.4 is 19.9 Å². The Labute approximate surface area is 215 Å². The highest BCUT2D eigenvalue weighted by molar-refractivity contribution is 5.58. The molecular weight excluding hydrogens is 448 g/mol. The van der Waals surface area contributed by atoms with Crippen LogP contribution in [0.5, 0.6) is 6.01 Å². The van der Waals surface area contributed by atoms with Gasteiger partial charge in [0.2, 0.25) is 0 Å². The molecule has 192 valence electrons. The molecule has 0 amide bonds. The number of anilines is 2. The molecular formula is C29H40N6O. The van der Waals surface area contributed by atoms with Crippen molar-refractivity contribution < 1.29 is 4.74 Å².